The number of hydrogen-bond acceptors (Lipinski definition) is 2. The molecule has 100 valence electrons. The van der Waals surface area contributed by atoms with E-state index in [4.69, 9.17) is 5.73 Å². The molecule has 0 aliphatic heterocycles. The third-order valence-electron chi connectivity index (χ3n) is 4.77. The molecule has 1 aromatic rings. The molecule has 3 rings (SSSR count). The normalized spacial score (nSPS) is 31.4. The Balaban J connectivity index is 1.71. The van der Waals surface area contributed by atoms with E-state index in [1.165, 1.54) is 25.0 Å². The highest BCUT2D eigenvalue weighted by atomic mass is 79.9. The molecule has 0 bridgehead atoms. The van der Waals surface area contributed by atoms with Crippen LogP contribution in [0.1, 0.15) is 37.6 Å². The maximum Gasteiger partial charge on any atom is 0.0738 e. The van der Waals surface area contributed by atoms with Crippen LogP contribution in [0.2, 0.25) is 0 Å². The lowest BCUT2D eigenvalue weighted by molar-refractivity contribution is 0.384. The summed E-state index contributed by atoms with van der Waals surface area (Å²) in [6.45, 7) is 5.11. The van der Waals surface area contributed by atoms with Crippen molar-refractivity contribution in [2.24, 2.45) is 23.5 Å². The SMILES string of the molecule is CCn1nc(C)c(Br)c1CC(N)C1CC2CC2C1. The maximum atomic E-state index is 6.43. The van der Waals surface area contributed by atoms with Crippen LogP contribution in [-0.4, -0.2) is 15.8 Å². The van der Waals surface area contributed by atoms with Crippen LogP contribution in [0.3, 0.4) is 0 Å². The first-order valence-corrected chi connectivity index (χ1v) is 7.86. The zero-order valence-electron chi connectivity index (χ0n) is 11.2. The standard InChI is InChI=1S/C14H22BrN3/c1-3-18-13(14(15)8(2)17-18)7-12(16)11-5-9-4-10(9)6-11/h9-12H,3-7,16H2,1-2H3. The molecule has 2 aliphatic carbocycles. The summed E-state index contributed by atoms with van der Waals surface area (Å²) in [4.78, 5) is 0. The van der Waals surface area contributed by atoms with Crippen molar-refractivity contribution in [3.63, 3.8) is 0 Å². The minimum Gasteiger partial charge on any atom is -0.327 e. The van der Waals surface area contributed by atoms with Gasteiger partial charge < -0.3 is 5.73 Å². The van der Waals surface area contributed by atoms with Crippen LogP contribution in [0.15, 0.2) is 4.47 Å². The van der Waals surface area contributed by atoms with Crippen LogP contribution in [0, 0.1) is 24.7 Å². The molecule has 0 radical (unpaired) electrons. The molecule has 18 heavy (non-hydrogen) atoms. The minimum atomic E-state index is 0.301. The van der Waals surface area contributed by atoms with E-state index in [2.05, 4.69) is 39.6 Å². The van der Waals surface area contributed by atoms with E-state index in [9.17, 15) is 0 Å². The second-order valence-electron chi connectivity index (χ2n) is 6.02. The zero-order chi connectivity index (χ0) is 12.9. The van der Waals surface area contributed by atoms with Crippen molar-refractivity contribution >= 4 is 15.9 Å². The van der Waals surface area contributed by atoms with Crippen LogP contribution in [0.5, 0.6) is 0 Å². The van der Waals surface area contributed by atoms with Gasteiger partial charge in [-0.15, -0.1) is 0 Å². The Morgan fingerprint density at radius 3 is 2.67 bits per heavy atom. The molecular weight excluding hydrogens is 290 g/mol. The van der Waals surface area contributed by atoms with Crippen molar-refractivity contribution in [3.05, 3.63) is 15.9 Å². The Labute approximate surface area is 117 Å². The predicted molar refractivity (Wildman–Crippen MR) is 76.3 cm³/mol. The molecule has 2 N–H and O–H groups in total. The molecule has 3 unspecified atom stereocenters. The van der Waals surface area contributed by atoms with E-state index in [1.54, 1.807) is 0 Å². The number of aromatic nitrogens is 2. The molecule has 3 nitrogen and oxygen atoms in total. The quantitative estimate of drug-likeness (QED) is 0.929. The van der Waals surface area contributed by atoms with Gasteiger partial charge in [0.05, 0.1) is 15.9 Å². The summed E-state index contributed by atoms with van der Waals surface area (Å²) < 4.78 is 3.25. The van der Waals surface area contributed by atoms with Gasteiger partial charge >= 0.3 is 0 Å². The molecule has 0 aromatic carbocycles. The Bertz CT molecular complexity index is 444. The molecule has 4 heteroatoms. The van der Waals surface area contributed by atoms with Gasteiger partial charge in [-0.2, -0.15) is 5.10 Å². The summed E-state index contributed by atoms with van der Waals surface area (Å²) in [5.74, 6) is 2.77. The molecule has 0 amide bonds. The van der Waals surface area contributed by atoms with E-state index in [0.29, 0.717) is 6.04 Å². The van der Waals surface area contributed by atoms with E-state index in [-0.39, 0.29) is 0 Å². The van der Waals surface area contributed by atoms with Crippen molar-refractivity contribution in [3.8, 4) is 0 Å². The van der Waals surface area contributed by atoms with Crippen molar-refractivity contribution in [1.29, 1.82) is 0 Å². The van der Waals surface area contributed by atoms with Crippen LogP contribution >= 0.6 is 15.9 Å². The number of aryl methyl sites for hydroxylation is 2. The van der Waals surface area contributed by atoms with Gasteiger partial charge in [-0.05, 0) is 66.8 Å². The number of rotatable bonds is 4. The first-order chi connectivity index (χ1) is 8.60. The van der Waals surface area contributed by atoms with Gasteiger partial charge in [0.15, 0.2) is 0 Å². The van der Waals surface area contributed by atoms with Crippen LogP contribution < -0.4 is 5.73 Å². The fourth-order valence-corrected chi connectivity index (χ4v) is 4.01. The average Bonchev–Trinajstić information content (AvgIpc) is 2.88. The Kier molecular flexibility index (Phi) is 3.27. The number of nitrogens with two attached hydrogens (primary N) is 1. The molecule has 1 heterocycles. The van der Waals surface area contributed by atoms with Crippen LogP contribution in [-0.2, 0) is 13.0 Å². The van der Waals surface area contributed by atoms with E-state index in [1.807, 2.05) is 0 Å². The number of halogens is 1. The van der Waals surface area contributed by atoms with Crippen molar-refractivity contribution < 1.29 is 0 Å². The zero-order valence-corrected chi connectivity index (χ0v) is 12.8. The molecule has 3 atom stereocenters. The molecule has 0 spiro atoms. The predicted octanol–water partition coefficient (Wildman–Crippen LogP) is 2.89. The topological polar surface area (TPSA) is 43.8 Å². The third-order valence-corrected chi connectivity index (χ3v) is 5.80. The molecule has 2 saturated carbocycles. The molecule has 2 fully saturated rings. The lowest BCUT2D eigenvalue weighted by Gasteiger charge is -2.21. The van der Waals surface area contributed by atoms with Crippen LogP contribution in [0.4, 0.5) is 0 Å². The average molecular weight is 312 g/mol. The second kappa shape index (κ2) is 4.64. The van der Waals surface area contributed by atoms with E-state index < -0.39 is 0 Å². The van der Waals surface area contributed by atoms with Gasteiger partial charge in [-0.3, -0.25) is 4.68 Å². The number of hydrogen-bond donors (Lipinski definition) is 1. The van der Waals surface area contributed by atoms with E-state index in [0.717, 1.165) is 40.9 Å². The Hall–Kier alpha value is -0.350. The fourth-order valence-electron chi connectivity index (χ4n) is 3.57. The van der Waals surface area contributed by atoms with Gasteiger partial charge in [0, 0.05) is 19.0 Å². The third kappa shape index (κ3) is 2.14. The summed E-state index contributed by atoms with van der Waals surface area (Å²) in [5, 5.41) is 4.55. The summed E-state index contributed by atoms with van der Waals surface area (Å²) in [7, 11) is 0. The first-order valence-electron chi connectivity index (χ1n) is 7.07. The van der Waals surface area contributed by atoms with Crippen molar-refractivity contribution in [2.45, 2.75) is 52.1 Å². The van der Waals surface area contributed by atoms with Gasteiger partial charge in [-0.25, -0.2) is 0 Å². The molecule has 0 saturated heterocycles. The van der Waals surface area contributed by atoms with Crippen LogP contribution in [0.25, 0.3) is 0 Å². The van der Waals surface area contributed by atoms with Gasteiger partial charge in [0.2, 0.25) is 0 Å². The van der Waals surface area contributed by atoms with Crippen molar-refractivity contribution in [1.82, 2.24) is 9.78 Å². The first kappa shape index (κ1) is 12.7. The summed E-state index contributed by atoms with van der Waals surface area (Å²) in [6, 6.07) is 0.301. The lowest BCUT2D eigenvalue weighted by Crippen LogP contribution is -2.32. The Morgan fingerprint density at radius 2 is 2.06 bits per heavy atom. The highest BCUT2D eigenvalue weighted by Crippen LogP contribution is 2.55. The minimum absolute atomic E-state index is 0.301. The number of fused-ring (bicyclic) bond motifs is 1. The smallest absolute Gasteiger partial charge is 0.0738 e. The van der Waals surface area contributed by atoms with Gasteiger partial charge in [0.25, 0.3) is 0 Å². The Morgan fingerprint density at radius 1 is 1.39 bits per heavy atom. The highest BCUT2D eigenvalue weighted by Gasteiger charge is 2.47. The summed E-state index contributed by atoms with van der Waals surface area (Å²) >= 11 is 3.66. The van der Waals surface area contributed by atoms with Gasteiger partial charge in [0.1, 0.15) is 0 Å². The monoisotopic (exact) mass is 311 g/mol. The molecule has 2 aliphatic rings. The summed E-state index contributed by atoms with van der Waals surface area (Å²) in [6.07, 6.45) is 5.16. The lowest BCUT2D eigenvalue weighted by atomic mass is 9.92. The molecule has 1 aromatic heterocycles. The fraction of sp³-hybridized carbons (Fsp3) is 0.786. The van der Waals surface area contributed by atoms with Crippen molar-refractivity contribution in [2.75, 3.05) is 0 Å². The number of nitrogens with zero attached hydrogens (tertiary/aromatic N) is 2. The van der Waals surface area contributed by atoms with E-state index >= 15 is 0 Å². The maximum absolute atomic E-state index is 6.43. The highest BCUT2D eigenvalue weighted by molar-refractivity contribution is 9.10. The largest absolute Gasteiger partial charge is 0.327 e. The second-order valence-corrected chi connectivity index (χ2v) is 6.81. The van der Waals surface area contributed by atoms with Gasteiger partial charge in [-0.1, -0.05) is 0 Å². The molecular formula is C14H22BrN3. The summed E-state index contributed by atoms with van der Waals surface area (Å²) in [5.41, 5.74) is 8.79.